The first kappa shape index (κ1) is 12.4. The third kappa shape index (κ3) is 1.93. The van der Waals surface area contributed by atoms with Crippen molar-refractivity contribution < 1.29 is 14.6 Å². The van der Waals surface area contributed by atoms with E-state index < -0.39 is 11.5 Å². The van der Waals surface area contributed by atoms with Gasteiger partial charge in [0, 0.05) is 16.5 Å². The Labute approximate surface area is 108 Å². The van der Waals surface area contributed by atoms with E-state index in [2.05, 4.69) is 15.9 Å². The number of benzene rings is 1. The number of hydrogen-bond donors (Lipinski definition) is 2. The number of hydrogen-bond acceptors (Lipinski definition) is 3. The minimum absolute atomic E-state index is 0.287. The fourth-order valence-electron chi connectivity index (χ4n) is 2.09. The van der Waals surface area contributed by atoms with Gasteiger partial charge >= 0.3 is 5.97 Å². The Kier molecular flexibility index (Phi) is 3.14. The summed E-state index contributed by atoms with van der Waals surface area (Å²) in [5.41, 5.74) is 6.19. The quantitative estimate of drug-likeness (QED) is 0.876. The summed E-state index contributed by atoms with van der Waals surface area (Å²) in [6.07, 6.45) is 1.06. The van der Waals surface area contributed by atoms with E-state index in [1.165, 1.54) is 0 Å². The van der Waals surface area contributed by atoms with Crippen LogP contribution in [0.25, 0.3) is 0 Å². The van der Waals surface area contributed by atoms with Crippen LogP contribution in [0.15, 0.2) is 16.6 Å². The summed E-state index contributed by atoms with van der Waals surface area (Å²) in [5, 5.41) is 9.30. The maximum absolute atomic E-state index is 11.4. The van der Waals surface area contributed by atoms with Crippen LogP contribution >= 0.6 is 15.9 Å². The summed E-state index contributed by atoms with van der Waals surface area (Å²) in [5.74, 6) is -0.381. The molecule has 0 aromatic heterocycles. The summed E-state index contributed by atoms with van der Waals surface area (Å²) in [6, 6.07) is 3.67. The van der Waals surface area contributed by atoms with E-state index in [0.29, 0.717) is 17.9 Å². The van der Waals surface area contributed by atoms with Gasteiger partial charge < -0.3 is 15.6 Å². The number of nitrogens with two attached hydrogens (primary N) is 1. The molecule has 2 rings (SSSR count). The lowest BCUT2D eigenvalue weighted by molar-refractivity contribution is -0.144. The van der Waals surface area contributed by atoms with Crippen LogP contribution in [0.4, 0.5) is 0 Å². The van der Waals surface area contributed by atoms with E-state index in [4.69, 9.17) is 10.5 Å². The van der Waals surface area contributed by atoms with E-state index in [1.807, 2.05) is 13.0 Å². The zero-order chi connectivity index (χ0) is 12.6. The molecular weight excluding hydrogens is 286 g/mol. The molecule has 1 atom stereocenters. The molecule has 1 aliphatic rings. The van der Waals surface area contributed by atoms with Gasteiger partial charge in [0.05, 0.1) is 6.61 Å². The molecule has 1 heterocycles. The van der Waals surface area contributed by atoms with E-state index in [9.17, 15) is 9.90 Å². The number of halogens is 1. The molecule has 92 valence electrons. The van der Waals surface area contributed by atoms with Gasteiger partial charge in [0.25, 0.3) is 0 Å². The standard InChI is InChI=1S/C12H14BrNO3/c1-2-7-5-8(13)6-9-10(7)17-4-3-12(9,14)11(15)16/h5-6H,2-4,14H2,1H3,(H,15,16). The minimum Gasteiger partial charge on any atom is -0.493 e. The van der Waals surface area contributed by atoms with Crippen LogP contribution < -0.4 is 10.5 Å². The average molecular weight is 300 g/mol. The second-order valence-electron chi connectivity index (χ2n) is 4.17. The van der Waals surface area contributed by atoms with Gasteiger partial charge in [-0.05, 0) is 24.1 Å². The third-order valence-corrected chi connectivity index (χ3v) is 3.57. The Morgan fingerprint density at radius 2 is 2.35 bits per heavy atom. The summed E-state index contributed by atoms with van der Waals surface area (Å²) in [6.45, 7) is 2.34. The molecule has 4 nitrogen and oxygen atoms in total. The molecule has 1 aliphatic heterocycles. The van der Waals surface area contributed by atoms with Gasteiger partial charge in [-0.3, -0.25) is 0 Å². The minimum atomic E-state index is -1.35. The van der Waals surface area contributed by atoms with Gasteiger partial charge in [-0.25, -0.2) is 4.79 Å². The Balaban J connectivity index is 2.66. The van der Waals surface area contributed by atoms with E-state index in [0.717, 1.165) is 16.5 Å². The fourth-order valence-corrected chi connectivity index (χ4v) is 2.59. The van der Waals surface area contributed by atoms with Crippen molar-refractivity contribution in [3.8, 4) is 5.75 Å². The van der Waals surface area contributed by atoms with Crippen LogP contribution in [-0.4, -0.2) is 17.7 Å². The molecule has 1 aromatic carbocycles. The summed E-state index contributed by atoms with van der Waals surface area (Å²) in [4.78, 5) is 11.4. The zero-order valence-electron chi connectivity index (χ0n) is 9.50. The number of carbonyl (C=O) groups is 1. The SMILES string of the molecule is CCc1cc(Br)cc2c1OCCC2(N)C(=O)O. The molecule has 0 radical (unpaired) electrons. The van der Waals surface area contributed by atoms with E-state index in [1.54, 1.807) is 6.07 Å². The maximum atomic E-state index is 11.4. The van der Waals surface area contributed by atoms with Crippen molar-refractivity contribution in [3.63, 3.8) is 0 Å². The smallest absolute Gasteiger partial charge is 0.328 e. The Hall–Kier alpha value is -1.07. The molecule has 0 saturated heterocycles. The van der Waals surface area contributed by atoms with Gasteiger partial charge in [-0.2, -0.15) is 0 Å². The number of aliphatic carboxylic acids is 1. The van der Waals surface area contributed by atoms with Crippen LogP contribution in [0.1, 0.15) is 24.5 Å². The summed E-state index contributed by atoms with van der Waals surface area (Å²) >= 11 is 3.38. The first-order valence-corrected chi connectivity index (χ1v) is 6.26. The molecule has 0 fully saturated rings. The van der Waals surface area contributed by atoms with Crippen molar-refractivity contribution in [2.75, 3.05) is 6.61 Å². The van der Waals surface area contributed by atoms with Gasteiger partial charge in [0.1, 0.15) is 11.3 Å². The van der Waals surface area contributed by atoms with Crippen molar-refractivity contribution in [2.24, 2.45) is 5.73 Å². The molecule has 1 unspecified atom stereocenters. The molecule has 5 heteroatoms. The van der Waals surface area contributed by atoms with Crippen LogP contribution in [-0.2, 0) is 16.8 Å². The third-order valence-electron chi connectivity index (χ3n) is 3.12. The second kappa shape index (κ2) is 4.31. The molecule has 0 amide bonds. The average Bonchev–Trinajstić information content (AvgIpc) is 2.29. The number of ether oxygens (including phenoxy) is 1. The van der Waals surface area contributed by atoms with Crippen molar-refractivity contribution >= 4 is 21.9 Å². The molecule has 0 spiro atoms. The van der Waals surface area contributed by atoms with Gasteiger partial charge in [0.15, 0.2) is 0 Å². The Morgan fingerprint density at radius 3 is 2.94 bits per heavy atom. The largest absolute Gasteiger partial charge is 0.493 e. The second-order valence-corrected chi connectivity index (χ2v) is 5.09. The normalized spacial score (nSPS) is 22.8. The van der Waals surface area contributed by atoms with Crippen LogP contribution in [0, 0.1) is 0 Å². The predicted molar refractivity (Wildman–Crippen MR) is 67.1 cm³/mol. The van der Waals surface area contributed by atoms with Crippen LogP contribution in [0.3, 0.4) is 0 Å². The van der Waals surface area contributed by atoms with Crippen LogP contribution in [0.5, 0.6) is 5.75 Å². The van der Waals surface area contributed by atoms with Crippen molar-refractivity contribution in [2.45, 2.75) is 25.3 Å². The lowest BCUT2D eigenvalue weighted by atomic mass is 9.84. The molecule has 0 aliphatic carbocycles. The topological polar surface area (TPSA) is 72.5 Å². The van der Waals surface area contributed by atoms with E-state index in [-0.39, 0.29) is 6.42 Å². The molecule has 0 saturated carbocycles. The number of carboxylic acids is 1. The summed E-state index contributed by atoms with van der Waals surface area (Å²) in [7, 11) is 0. The zero-order valence-corrected chi connectivity index (χ0v) is 11.1. The van der Waals surface area contributed by atoms with Crippen LogP contribution in [0.2, 0.25) is 0 Å². The highest BCUT2D eigenvalue weighted by Crippen LogP contribution is 2.40. The Morgan fingerprint density at radius 1 is 1.65 bits per heavy atom. The van der Waals surface area contributed by atoms with Crippen molar-refractivity contribution in [3.05, 3.63) is 27.7 Å². The molecule has 3 N–H and O–H groups in total. The molecule has 0 bridgehead atoms. The lowest BCUT2D eigenvalue weighted by Gasteiger charge is -2.33. The first-order valence-electron chi connectivity index (χ1n) is 5.47. The van der Waals surface area contributed by atoms with Crippen molar-refractivity contribution in [1.82, 2.24) is 0 Å². The van der Waals surface area contributed by atoms with Gasteiger partial charge in [-0.1, -0.05) is 22.9 Å². The summed E-state index contributed by atoms with van der Waals surface area (Å²) < 4.78 is 6.41. The predicted octanol–water partition coefficient (Wildman–Crippen LogP) is 2.03. The monoisotopic (exact) mass is 299 g/mol. The van der Waals surface area contributed by atoms with Gasteiger partial charge in [0.2, 0.25) is 0 Å². The van der Waals surface area contributed by atoms with Gasteiger partial charge in [-0.15, -0.1) is 0 Å². The number of rotatable bonds is 2. The number of fused-ring (bicyclic) bond motifs is 1. The fraction of sp³-hybridized carbons (Fsp3) is 0.417. The number of aryl methyl sites for hydroxylation is 1. The Bertz CT molecular complexity index is 475. The number of carboxylic acid groups (broad SMARTS) is 1. The van der Waals surface area contributed by atoms with E-state index >= 15 is 0 Å². The highest BCUT2D eigenvalue weighted by atomic mass is 79.9. The lowest BCUT2D eigenvalue weighted by Crippen LogP contribution is -2.48. The van der Waals surface area contributed by atoms with Crippen molar-refractivity contribution in [1.29, 1.82) is 0 Å². The molecular formula is C12H14BrNO3. The maximum Gasteiger partial charge on any atom is 0.328 e. The molecule has 17 heavy (non-hydrogen) atoms. The molecule has 1 aromatic rings. The highest BCUT2D eigenvalue weighted by molar-refractivity contribution is 9.10. The highest BCUT2D eigenvalue weighted by Gasteiger charge is 2.42. The first-order chi connectivity index (χ1) is 7.99.